The smallest absolute Gasteiger partial charge is 0.239 e. The van der Waals surface area contributed by atoms with Crippen molar-refractivity contribution in [3.63, 3.8) is 0 Å². The van der Waals surface area contributed by atoms with Gasteiger partial charge in [0, 0.05) is 19.6 Å². The molecule has 0 bridgehead atoms. The highest BCUT2D eigenvalue weighted by atomic mass is 16.2. The van der Waals surface area contributed by atoms with Gasteiger partial charge in [-0.1, -0.05) is 26.2 Å². The van der Waals surface area contributed by atoms with Crippen LogP contribution in [0.4, 0.5) is 0 Å². The van der Waals surface area contributed by atoms with Crippen molar-refractivity contribution < 1.29 is 4.79 Å². The lowest BCUT2D eigenvalue weighted by atomic mass is 9.96. The van der Waals surface area contributed by atoms with Crippen molar-refractivity contribution in [3.8, 4) is 0 Å². The summed E-state index contributed by atoms with van der Waals surface area (Å²) in [6.45, 7) is 3.18. The normalized spacial score (nSPS) is 33.6. The van der Waals surface area contributed by atoms with Gasteiger partial charge in [0.1, 0.15) is 0 Å². The molecule has 0 aromatic rings. The Labute approximate surface area is 105 Å². The summed E-state index contributed by atoms with van der Waals surface area (Å²) >= 11 is 0. The number of unbranched alkanes of at least 4 members (excludes halogenated alkanes) is 1. The van der Waals surface area contributed by atoms with Crippen LogP contribution in [-0.2, 0) is 4.79 Å². The van der Waals surface area contributed by atoms with Gasteiger partial charge in [-0.05, 0) is 31.6 Å². The van der Waals surface area contributed by atoms with Gasteiger partial charge >= 0.3 is 0 Å². The Morgan fingerprint density at radius 3 is 2.82 bits per heavy atom. The Morgan fingerprint density at radius 1 is 1.35 bits per heavy atom. The molecular weight excluding hydrogens is 212 g/mol. The third-order valence-corrected chi connectivity index (χ3v) is 4.43. The minimum atomic E-state index is 0.104. The molecule has 1 saturated heterocycles. The zero-order valence-electron chi connectivity index (χ0n) is 11.2. The van der Waals surface area contributed by atoms with Gasteiger partial charge in [0.2, 0.25) is 5.91 Å². The molecule has 1 saturated carbocycles. The van der Waals surface area contributed by atoms with Crippen LogP contribution in [0.3, 0.4) is 0 Å². The zero-order chi connectivity index (χ0) is 12.3. The molecule has 1 heterocycles. The lowest BCUT2D eigenvalue weighted by Gasteiger charge is -2.24. The van der Waals surface area contributed by atoms with Gasteiger partial charge in [0.25, 0.3) is 0 Å². The molecule has 2 fully saturated rings. The van der Waals surface area contributed by atoms with Gasteiger partial charge in [0.05, 0.1) is 6.04 Å². The zero-order valence-corrected chi connectivity index (χ0v) is 11.2. The van der Waals surface area contributed by atoms with Crippen molar-refractivity contribution in [2.24, 2.45) is 5.92 Å². The van der Waals surface area contributed by atoms with Gasteiger partial charge < -0.3 is 10.2 Å². The molecule has 1 aliphatic heterocycles. The summed E-state index contributed by atoms with van der Waals surface area (Å²) in [4.78, 5) is 13.7. The second-order valence-electron chi connectivity index (χ2n) is 5.71. The first-order valence-corrected chi connectivity index (χ1v) is 7.23. The standard InChI is InChI=1S/C14H26N2O/c1-3-4-6-11-7-5-8-12(11)15-13-9-10-16(2)14(13)17/h11-13,15H,3-10H2,1-2H3. The highest BCUT2D eigenvalue weighted by molar-refractivity contribution is 5.83. The number of hydrogen-bond donors (Lipinski definition) is 1. The van der Waals surface area contributed by atoms with Gasteiger partial charge in [-0.25, -0.2) is 0 Å². The van der Waals surface area contributed by atoms with Crippen molar-refractivity contribution in [2.75, 3.05) is 13.6 Å². The van der Waals surface area contributed by atoms with E-state index in [1.807, 2.05) is 11.9 Å². The van der Waals surface area contributed by atoms with Crippen molar-refractivity contribution >= 4 is 5.91 Å². The summed E-state index contributed by atoms with van der Waals surface area (Å²) in [6, 6.07) is 0.703. The second-order valence-corrected chi connectivity index (χ2v) is 5.71. The summed E-state index contributed by atoms with van der Waals surface area (Å²) in [7, 11) is 1.91. The maximum Gasteiger partial charge on any atom is 0.239 e. The number of rotatable bonds is 5. The molecule has 2 aliphatic rings. The predicted octanol–water partition coefficient (Wildman–Crippen LogP) is 2.17. The molecule has 17 heavy (non-hydrogen) atoms. The molecular formula is C14H26N2O. The van der Waals surface area contributed by atoms with E-state index in [0.29, 0.717) is 11.9 Å². The van der Waals surface area contributed by atoms with Crippen molar-refractivity contribution in [2.45, 2.75) is 64.0 Å². The maximum absolute atomic E-state index is 11.9. The molecule has 0 aromatic carbocycles. The number of likely N-dealkylation sites (N-methyl/N-ethyl adjacent to an activating group) is 1. The largest absolute Gasteiger partial charge is 0.344 e. The van der Waals surface area contributed by atoms with Gasteiger partial charge in [-0.2, -0.15) is 0 Å². The molecule has 3 nitrogen and oxygen atoms in total. The van der Waals surface area contributed by atoms with Crippen LogP contribution in [0.1, 0.15) is 51.9 Å². The summed E-state index contributed by atoms with van der Waals surface area (Å²) in [5.41, 5.74) is 0. The van der Waals surface area contributed by atoms with E-state index in [4.69, 9.17) is 0 Å². The lowest BCUT2D eigenvalue weighted by molar-refractivity contribution is -0.128. The summed E-state index contributed by atoms with van der Waals surface area (Å²) in [5.74, 6) is 1.11. The van der Waals surface area contributed by atoms with Gasteiger partial charge in [-0.3, -0.25) is 4.79 Å². The third-order valence-electron chi connectivity index (χ3n) is 4.43. The number of carbonyl (C=O) groups is 1. The number of carbonyl (C=O) groups excluding carboxylic acids is 1. The van der Waals surface area contributed by atoms with E-state index < -0.39 is 0 Å². The van der Waals surface area contributed by atoms with Crippen molar-refractivity contribution in [1.29, 1.82) is 0 Å². The van der Waals surface area contributed by atoms with Crippen molar-refractivity contribution in [3.05, 3.63) is 0 Å². The lowest BCUT2D eigenvalue weighted by Crippen LogP contribution is -2.44. The summed E-state index contributed by atoms with van der Waals surface area (Å²) in [5, 5.41) is 3.63. The SMILES string of the molecule is CCCCC1CCCC1NC1CCN(C)C1=O. The number of hydrogen-bond acceptors (Lipinski definition) is 2. The molecule has 3 unspecified atom stereocenters. The first-order valence-electron chi connectivity index (χ1n) is 7.23. The van der Waals surface area contributed by atoms with Crippen LogP contribution in [0.15, 0.2) is 0 Å². The fourth-order valence-corrected chi connectivity index (χ4v) is 3.30. The minimum Gasteiger partial charge on any atom is -0.344 e. The quantitative estimate of drug-likeness (QED) is 0.796. The first-order chi connectivity index (χ1) is 8.22. The van der Waals surface area contributed by atoms with Gasteiger partial charge in [-0.15, -0.1) is 0 Å². The molecule has 0 radical (unpaired) electrons. The number of nitrogens with zero attached hydrogens (tertiary/aromatic N) is 1. The predicted molar refractivity (Wildman–Crippen MR) is 69.8 cm³/mol. The van der Waals surface area contributed by atoms with Crippen LogP contribution >= 0.6 is 0 Å². The highest BCUT2D eigenvalue weighted by Crippen LogP contribution is 2.30. The van der Waals surface area contributed by atoms with E-state index in [1.54, 1.807) is 0 Å². The first kappa shape index (κ1) is 12.9. The Bertz CT molecular complexity index is 267. The van der Waals surface area contributed by atoms with Crippen LogP contribution in [0.25, 0.3) is 0 Å². The molecule has 1 amide bonds. The highest BCUT2D eigenvalue weighted by Gasteiger charge is 2.34. The topological polar surface area (TPSA) is 32.3 Å². The molecule has 1 N–H and O–H groups in total. The third kappa shape index (κ3) is 3.01. The van der Waals surface area contributed by atoms with Crippen LogP contribution in [-0.4, -0.2) is 36.5 Å². The molecule has 0 aromatic heterocycles. The molecule has 0 spiro atoms. The monoisotopic (exact) mass is 238 g/mol. The molecule has 98 valence electrons. The fraction of sp³-hybridized carbons (Fsp3) is 0.929. The maximum atomic E-state index is 11.9. The Balaban J connectivity index is 1.83. The average molecular weight is 238 g/mol. The number of amides is 1. The van der Waals surface area contributed by atoms with Crippen LogP contribution in [0.5, 0.6) is 0 Å². The summed E-state index contributed by atoms with van der Waals surface area (Å²) in [6.07, 6.45) is 8.91. The van der Waals surface area contributed by atoms with E-state index in [0.717, 1.165) is 18.9 Å². The molecule has 2 rings (SSSR count). The Morgan fingerprint density at radius 2 is 2.18 bits per heavy atom. The molecule has 1 aliphatic carbocycles. The second kappa shape index (κ2) is 5.85. The van der Waals surface area contributed by atoms with Crippen LogP contribution in [0, 0.1) is 5.92 Å². The fourth-order valence-electron chi connectivity index (χ4n) is 3.30. The minimum absolute atomic E-state index is 0.104. The molecule has 3 heteroatoms. The van der Waals surface area contributed by atoms with E-state index in [2.05, 4.69) is 12.2 Å². The molecule has 3 atom stereocenters. The average Bonchev–Trinajstić information content (AvgIpc) is 2.89. The van der Waals surface area contributed by atoms with Crippen LogP contribution < -0.4 is 5.32 Å². The Hall–Kier alpha value is -0.570. The van der Waals surface area contributed by atoms with Gasteiger partial charge in [0.15, 0.2) is 0 Å². The van der Waals surface area contributed by atoms with Crippen LogP contribution in [0.2, 0.25) is 0 Å². The van der Waals surface area contributed by atoms with E-state index in [1.165, 1.54) is 38.5 Å². The Kier molecular flexibility index (Phi) is 4.43. The van der Waals surface area contributed by atoms with E-state index in [9.17, 15) is 4.79 Å². The number of nitrogens with one attached hydrogen (secondary N) is 1. The number of likely N-dealkylation sites (tertiary alicyclic amines) is 1. The van der Waals surface area contributed by atoms with Crippen molar-refractivity contribution in [1.82, 2.24) is 10.2 Å². The summed E-state index contributed by atoms with van der Waals surface area (Å²) < 4.78 is 0. The van der Waals surface area contributed by atoms with E-state index >= 15 is 0 Å². The van der Waals surface area contributed by atoms with E-state index in [-0.39, 0.29) is 6.04 Å².